The Hall–Kier alpha value is -2.60. The highest BCUT2D eigenvalue weighted by molar-refractivity contribution is 7.12. The molecule has 0 spiro atoms. The van der Waals surface area contributed by atoms with E-state index in [1.165, 1.54) is 24.5 Å². The van der Waals surface area contributed by atoms with Crippen molar-refractivity contribution in [3.63, 3.8) is 0 Å². The molecule has 0 saturated carbocycles. The van der Waals surface area contributed by atoms with Crippen LogP contribution in [0.2, 0.25) is 0 Å². The highest BCUT2D eigenvalue weighted by Gasteiger charge is 2.14. The molecule has 1 aromatic carbocycles. The van der Waals surface area contributed by atoms with E-state index in [0.29, 0.717) is 16.1 Å². The van der Waals surface area contributed by atoms with Gasteiger partial charge in [-0.15, -0.1) is 11.3 Å². The largest absolute Gasteiger partial charge is 0.319 e. The molecule has 0 bridgehead atoms. The van der Waals surface area contributed by atoms with Gasteiger partial charge in [-0.1, -0.05) is 12.1 Å². The van der Waals surface area contributed by atoms with Gasteiger partial charge in [0.25, 0.3) is 5.91 Å². The number of amides is 1. The number of fused-ring (bicyclic) bond motifs is 1. The molecular formula is C15H11N3O2S. The molecule has 3 aromatic rings. The van der Waals surface area contributed by atoms with Gasteiger partial charge in [-0.25, -0.2) is 4.98 Å². The standard InChI is InChI=1S/C15H11N3O2S/c1-9(19)14-12(6-7-21-14)18-15(20)13-8-16-10-4-2-3-5-11(10)17-13/h2-8H,1H3,(H,18,20). The number of nitrogens with zero attached hydrogens (tertiary/aromatic N) is 2. The van der Waals surface area contributed by atoms with Crippen LogP contribution >= 0.6 is 11.3 Å². The number of hydrogen-bond acceptors (Lipinski definition) is 5. The average Bonchev–Trinajstić information content (AvgIpc) is 2.95. The molecule has 0 aliphatic heterocycles. The van der Waals surface area contributed by atoms with Crippen molar-refractivity contribution in [2.24, 2.45) is 0 Å². The zero-order valence-electron chi connectivity index (χ0n) is 11.2. The van der Waals surface area contributed by atoms with Crippen molar-refractivity contribution in [2.45, 2.75) is 6.92 Å². The second-order valence-electron chi connectivity index (χ2n) is 4.42. The summed E-state index contributed by atoms with van der Waals surface area (Å²) in [5, 5.41) is 4.46. The summed E-state index contributed by atoms with van der Waals surface area (Å²) >= 11 is 1.30. The third-order valence-corrected chi connectivity index (χ3v) is 3.93. The summed E-state index contributed by atoms with van der Waals surface area (Å²) in [4.78, 5) is 32.7. The van der Waals surface area contributed by atoms with Crippen LogP contribution in [0.5, 0.6) is 0 Å². The third kappa shape index (κ3) is 2.66. The number of aromatic nitrogens is 2. The number of nitrogens with one attached hydrogen (secondary N) is 1. The van der Waals surface area contributed by atoms with E-state index in [4.69, 9.17) is 0 Å². The van der Waals surface area contributed by atoms with E-state index in [9.17, 15) is 9.59 Å². The number of rotatable bonds is 3. The molecule has 0 atom stereocenters. The normalized spacial score (nSPS) is 10.5. The van der Waals surface area contributed by atoms with Crippen molar-refractivity contribution in [2.75, 3.05) is 5.32 Å². The summed E-state index contributed by atoms with van der Waals surface area (Å²) < 4.78 is 0. The number of anilines is 1. The molecule has 0 unspecified atom stereocenters. The summed E-state index contributed by atoms with van der Waals surface area (Å²) in [6.45, 7) is 1.47. The first-order valence-corrected chi connectivity index (χ1v) is 7.14. The van der Waals surface area contributed by atoms with Crippen LogP contribution in [0.3, 0.4) is 0 Å². The van der Waals surface area contributed by atoms with Gasteiger partial charge < -0.3 is 5.32 Å². The van der Waals surface area contributed by atoms with Gasteiger partial charge in [0.1, 0.15) is 5.69 Å². The summed E-state index contributed by atoms with van der Waals surface area (Å²) in [6.07, 6.45) is 1.43. The number of Topliss-reactive ketones (excluding diaryl/α,β-unsaturated/α-hetero) is 1. The minimum Gasteiger partial charge on any atom is -0.319 e. The average molecular weight is 297 g/mol. The molecule has 2 aromatic heterocycles. The molecule has 104 valence electrons. The van der Waals surface area contributed by atoms with Crippen molar-refractivity contribution < 1.29 is 9.59 Å². The topological polar surface area (TPSA) is 72.0 Å². The van der Waals surface area contributed by atoms with Crippen LogP contribution in [-0.2, 0) is 0 Å². The Labute approximate surface area is 124 Å². The van der Waals surface area contributed by atoms with Gasteiger partial charge in [0.15, 0.2) is 5.78 Å². The number of thiophene rings is 1. The molecule has 6 heteroatoms. The predicted octanol–water partition coefficient (Wildman–Crippen LogP) is 3.15. The monoisotopic (exact) mass is 297 g/mol. The van der Waals surface area contributed by atoms with Crippen molar-refractivity contribution in [1.29, 1.82) is 0 Å². The maximum absolute atomic E-state index is 12.2. The highest BCUT2D eigenvalue weighted by Crippen LogP contribution is 2.23. The van der Waals surface area contributed by atoms with Crippen LogP contribution in [0.25, 0.3) is 11.0 Å². The van der Waals surface area contributed by atoms with Crippen molar-refractivity contribution in [3.8, 4) is 0 Å². The van der Waals surface area contributed by atoms with Crippen LogP contribution in [0.4, 0.5) is 5.69 Å². The maximum atomic E-state index is 12.2. The molecule has 21 heavy (non-hydrogen) atoms. The molecule has 0 radical (unpaired) electrons. The Balaban J connectivity index is 1.90. The Morgan fingerprint density at radius 2 is 1.90 bits per heavy atom. The van der Waals surface area contributed by atoms with E-state index in [2.05, 4.69) is 15.3 Å². The first kappa shape index (κ1) is 13.4. The molecule has 0 aliphatic carbocycles. The number of para-hydroxylation sites is 2. The quantitative estimate of drug-likeness (QED) is 0.754. The van der Waals surface area contributed by atoms with Gasteiger partial charge in [-0.3, -0.25) is 14.6 Å². The zero-order chi connectivity index (χ0) is 14.8. The Kier molecular flexibility index (Phi) is 3.45. The smallest absolute Gasteiger partial charge is 0.275 e. The number of carbonyl (C=O) groups is 2. The van der Waals surface area contributed by atoms with E-state index in [1.807, 2.05) is 18.2 Å². The van der Waals surface area contributed by atoms with Gasteiger partial charge >= 0.3 is 0 Å². The lowest BCUT2D eigenvalue weighted by atomic mass is 10.2. The van der Waals surface area contributed by atoms with Crippen molar-refractivity contribution in [3.05, 3.63) is 52.5 Å². The van der Waals surface area contributed by atoms with Gasteiger partial charge in [-0.05, 0) is 23.6 Å². The fourth-order valence-corrected chi connectivity index (χ4v) is 2.69. The van der Waals surface area contributed by atoms with E-state index >= 15 is 0 Å². The molecular weight excluding hydrogens is 286 g/mol. The molecule has 5 nitrogen and oxygen atoms in total. The second kappa shape index (κ2) is 5.41. The fraction of sp³-hybridized carbons (Fsp3) is 0.0667. The third-order valence-electron chi connectivity index (χ3n) is 2.91. The van der Waals surface area contributed by atoms with Gasteiger partial charge in [0.2, 0.25) is 0 Å². The Morgan fingerprint density at radius 3 is 2.67 bits per heavy atom. The van der Waals surface area contributed by atoms with E-state index in [0.717, 1.165) is 5.52 Å². The predicted molar refractivity (Wildman–Crippen MR) is 81.8 cm³/mol. The SMILES string of the molecule is CC(=O)c1sccc1NC(=O)c1cnc2ccccc2n1. The Bertz CT molecular complexity index is 842. The molecule has 0 fully saturated rings. The van der Waals surface area contributed by atoms with Gasteiger partial charge in [-0.2, -0.15) is 0 Å². The first-order chi connectivity index (χ1) is 10.1. The summed E-state index contributed by atoms with van der Waals surface area (Å²) in [7, 11) is 0. The lowest BCUT2D eigenvalue weighted by Gasteiger charge is -2.05. The fourth-order valence-electron chi connectivity index (χ4n) is 1.93. The highest BCUT2D eigenvalue weighted by atomic mass is 32.1. The Morgan fingerprint density at radius 1 is 1.14 bits per heavy atom. The van der Waals surface area contributed by atoms with E-state index < -0.39 is 0 Å². The van der Waals surface area contributed by atoms with Crippen LogP contribution in [0, 0.1) is 0 Å². The van der Waals surface area contributed by atoms with Gasteiger partial charge in [0, 0.05) is 6.92 Å². The zero-order valence-corrected chi connectivity index (χ0v) is 12.0. The van der Waals surface area contributed by atoms with Crippen LogP contribution in [0.1, 0.15) is 27.1 Å². The molecule has 1 amide bonds. The number of ketones is 1. The van der Waals surface area contributed by atoms with Crippen LogP contribution in [-0.4, -0.2) is 21.7 Å². The van der Waals surface area contributed by atoms with Crippen LogP contribution < -0.4 is 5.32 Å². The van der Waals surface area contributed by atoms with E-state index in [1.54, 1.807) is 17.5 Å². The number of carbonyl (C=O) groups excluding carboxylic acids is 2. The van der Waals surface area contributed by atoms with Gasteiger partial charge in [0.05, 0.1) is 27.8 Å². The minimum atomic E-state index is -0.380. The first-order valence-electron chi connectivity index (χ1n) is 6.27. The number of hydrogen-bond donors (Lipinski definition) is 1. The lowest BCUT2D eigenvalue weighted by Crippen LogP contribution is -2.15. The van der Waals surface area contributed by atoms with Crippen LogP contribution in [0.15, 0.2) is 41.9 Å². The molecule has 0 saturated heterocycles. The minimum absolute atomic E-state index is 0.0788. The molecule has 0 aliphatic rings. The van der Waals surface area contributed by atoms with Crippen molar-refractivity contribution in [1.82, 2.24) is 9.97 Å². The molecule has 2 heterocycles. The lowest BCUT2D eigenvalue weighted by molar-refractivity contribution is 0.102. The second-order valence-corrected chi connectivity index (χ2v) is 5.33. The molecule has 3 rings (SSSR count). The number of benzene rings is 1. The molecule has 1 N–H and O–H groups in total. The van der Waals surface area contributed by atoms with E-state index in [-0.39, 0.29) is 17.4 Å². The summed E-state index contributed by atoms with van der Waals surface area (Å²) in [6, 6.07) is 9.03. The summed E-state index contributed by atoms with van der Waals surface area (Å²) in [5.74, 6) is -0.459. The maximum Gasteiger partial charge on any atom is 0.275 e. The van der Waals surface area contributed by atoms with Crippen molar-refractivity contribution >= 4 is 39.7 Å². The summed E-state index contributed by atoms with van der Waals surface area (Å²) in [5.41, 5.74) is 2.11.